The molecule has 0 aromatic carbocycles. The Hall–Kier alpha value is -2.00. The number of anilines is 1. The molecule has 1 saturated carbocycles. The highest BCUT2D eigenvalue weighted by Crippen LogP contribution is 2.49. The molecule has 2 N–H and O–H groups in total. The number of aryl methyl sites for hydroxylation is 2. The van der Waals surface area contributed by atoms with E-state index in [9.17, 15) is 14.7 Å². The predicted octanol–water partition coefficient (Wildman–Crippen LogP) is 4.10. The second-order valence-electron chi connectivity index (χ2n) is 7.44. The van der Waals surface area contributed by atoms with Crippen molar-refractivity contribution in [3.63, 3.8) is 0 Å². The second-order valence-corrected chi connectivity index (χ2v) is 9.87. The molecular formula is C17H22N4O3S2. The minimum absolute atomic E-state index is 0.0393. The van der Waals surface area contributed by atoms with Crippen LogP contribution in [0.25, 0.3) is 0 Å². The molecule has 9 heteroatoms. The van der Waals surface area contributed by atoms with Crippen molar-refractivity contribution in [3.05, 3.63) is 26.4 Å². The maximum atomic E-state index is 12.4. The molecule has 140 valence electrons. The van der Waals surface area contributed by atoms with Gasteiger partial charge in [-0.05, 0) is 52.7 Å². The fourth-order valence-electron chi connectivity index (χ4n) is 3.21. The number of carboxylic acid groups (broad SMARTS) is 1. The van der Waals surface area contributed by atoms with Crippen LogP contribution in [0.15, 0.2) is 6.07 Å². The third kappa shape index (κ3) is 3.73. The first kappa shape index (κ1) is 18.8. The van der Waals surface area contributed by atoms with E-state index in [0.717, 1.165) is 21.9 Å². The van der Waals surface area contributed by atoms with Gasteiger partial charge < -0.3 is 5.11 Å². The van der Waals surface area contributed by atoms with Gasteiger partial charge in [-0.2, -0.15) is 0 Å². The molecule has 2 aromatic rings. The van der Waals surface area contributed by atoms with Crippen molar-refractivity contribution in [2.24, 2.45) is 0 Å². The molecule has 0 bridgehead atoms. The largest absolute Gasteiger partial charge is 0.465 e. The highest BCUT2D eigenvalue weighted by Gasteiger charge is 2.49. The number of nitrogens with one attached hydrogen (secondary N) is 1. The smallest absolute Gasteiger partial charge is 0.408 e. The number of rotatable bonds is 4. The van der Waals surface area contributed by atoms with Crippen LogP contribution in [0.2, 0.25) is 0 Å². The summed E-state index contributed by atoms with van der Waals surface area (Å²) in [6.07, 6.45) is -0.111. The zero-order chi connectivity index (χ0) is 19.2. The van der Waals surface area contributed by atoms with E-state index in [1.54, 1.807) is 0 Å². The molecule has 1 fully saturated rings. The Labute approximate surface area is 160 Å². The molecule has 3 rings (SSSR count). The summed E-state index contributed by atoms with van der Waals surface area (Å²) in [5, 5.41) is 21.4. The molecule has 2 amide bonds. The van der Waals surface area contributed by atoms with Crippen LogP contribution in [-0.2, 0) is 0 Å². The third-order valence-corrected chi connectivity index (χ3v) is 6.16. The van der Waals surface area contributed by atoms with Crippen molar-refractivity contribution < 1.29 is 14.7 Å². The predicted molar refractivity (Wildman–Crippen MR) is 102 cm³/mol. The first-order valence-electron chi connectivity index (χ1n) is 8.32. The van der Waals surface area contributed by atoms with Gasteiger partial charge in [0, 0.05) is 22.4 Å². The van der Waals surface area contributed by atoms with Gasteiger partial charge in [-0.1, -0.05) is 11.3 Å². The van der Waals surface area contributed by atoms with Gasteiger partial charge in [-0.15, -0.1) is 21.5 Å². The van der Waals surface area contributed by atoms with Crippen LogP contribution in [0, 0.1) is 13.8 Å². The van der Waals surface area contributed by atoms with Crippen LogP contribution in [-0.4, -0.2) is 43.8 Å². The number of carbonyl (C=O) groups is 2. The van der Waals surface area contributed by atoms with Gasteiger partial charge >= 0.3 is 6.09 Å². The second kappa shape index (κ2) is 6.62. The number of hydrogen-bond acceptors (Lipinski definition) is 6. The first-order valence-corrected chi connectivity index (χ1v) is 9.95. The Kier molecular flexibility index (Phi) is 4.78. The lowest BCUT2D eigenvalue weighted by molar-refractivity contribution is 0.0938. The average Bonchev–Trinajstić information content (AvgIpc) is 2.95. The number of carbonyl (C=O) groups excluding carboxylic acids is 1. The summed E-state index contributed by atoms with van der Waals surface area (Å²) < 4.78 is 0. The molecule has 2 aromatic heterocycles. The molecule has 0 saturated heterocycles. The van der Waals surface area contributed by atoms with Gasteiger partial charge in [0.25, 0.3) is 5.91 Å². The van der Waals surface area contributed by atoms with E-state index in [4.69, 9.17) is 0 Å². The normalized spacial score (nSPS) is 19.3. The zero-order valence-electron chi connectivity index (χ0n) is 15.4. The van der Waals surface area contributed by atoms with Crippen LogP contribution < -0.4 is 5.32 Å². The Morgan fingerprint density at radius 2 is 1.96 bits per heavy atom. The molecule has 2 heterocycles. The molecule has 1 aliphatic carbocycles. The van der Waals surface area contributed by atoms with Crippen molar-refractivity contribution in [3.8, 4) is 0 Å². The molecule has 7 nitrogen and oxygen atoms in total. The Morgan fingerprint density at radius 3 is 2.50 bits per heavy atom. The van der Waals surface area contributed by atoms with Gasteiger partial charge in [-0.25, -0.2) is 4.79 Å². The van der Waals surface area contributed by atoms with E-state index in [2.05, 4.69) is 15.5 Å². The lowest BCUT2D eigenvalue weighted by atomic mass is 10.1. The van der Waals surface area contributed by atoms with Crippen molar-refractivity contribution >= 4 is 39.8 Å². The van der Waals surface area contributed by atoms with Gasteiger partial charge in [-0.3, -0.25) is 15.0 Å². The lowest BCUT2D eigenvalue weighted by Gasteiger charge is -2.33. The van der Waals surface area contributed by atoms with Crippen LogP contribution in [0.5, 0.6) is 0 Å². The fourth-order valence-corrected chi connectivity index (χ4v) is 4.78. The van der Waals surface area contributed by atoms with Crippen molar-refractivity contribution in [1.29, 1.82) is 0 Å². The molecule has 0 radical (unpaired) electrons. The number of aromatic nitrogens is 2. The minimum Gasteiger partial charge on any atom is -0.465 e. The summed E-state index contributed by atoms with van der Waals surface area (Å²) in [4.78, 5) is 27.3. The van der Waals surface area contributed by atoms with Gasteiger partial charge in [0.2, 0.25) is 5.13 Å². The zero-order valence-corrected chi connectivity index (χ0v) is 17.0. The van der Waals surface area contributed by atoms with E-state index in [1.165, 1.54) is 27.6 Å². The summed E-state index contributed by atoms with van der Waals surface area (Å²) in [5.74, 6) is -0.0597. The van der Waals surface area contributed by atoms with E-state index >= 15 is 0 Å². The summed E-state index contributed by atoms with van der Waals surface area (Å²) in [6.45, 7) is 9.51. The number of nitrogens with zero attached hydrogens (tertiary/aromatic N) is 3. The number of thiophene rings is 1. The number of amides is 2. The highest BCUT2D eigenvalue weighted by atomic mass is 32.1. The quantitative estimate of drug-likeness (QED) is 0.814. The van der Waals surface area contributed by atoms with Gasteiger partial charge in [0.15, 0.2) is 0 Å². The summed E-state index contributed by atoms with van der Waals surface area (Å²) in [7, 11) is 0. The lowest BCUT2D eigenvalue weighted by Crippen LogP contribution is -2.46. The van der Waals surface area contributed by atoms with E-state index in [-0.39, 0.29) is 17.9 Å². The summed E-state index contributed by atoms with van der Waals surface area (Å²) >= 11 is 2.75. The standard InChI is InChI=1S/C17H22N4O3S2/c1-8-10(11-6-12(11)21(16(23)24)17(3,4)5)7-13(25-8)14(22)18-15-20-19-9(2)26-15/h7,11-12H,6H2,1-5H3,(H,23,24)(H,18,20,22). The Morgan fingerprint density at radius 1 is 1.27 bits per heavy atom. The minimum atomic E-state index is -0.900. The molecule has 2 atom stereocenters. The monoisotopic (exact) mass is 394 g/mol. The van der Waals surface area contributed by atoms with Crippen LogP contribution in [0.1, 0.15) is 58.2 Å². The maximum absolute atomic E-state index is 12.4. The molecule has 1 aliphatic rings. The van der Waals surface area contributed by atoms with Crippen LogP contribution >= 0.6 is 22.7 Å². The molecule has 26 heavy (non-hydrogen) atoms. The summed E-state index contributed by atoms with van der Waals surface area (Å²) in [6, 6.07) is 1.85. The van der Waals surface area contributed by atoms with Gasteiger partial charge in [0.05, 0.1) is 4.88 Å². The van der Waals surface area contributed by atoms with Crippen molar-refractivity contribution in [2.45, 2.75) is 58.5 Å². The van der Waals surface area contributed by atoms with Gasteiger partial charge in [0.1, 0.15) is 5.01 Å². The topological polar surface area (TPSA) is 95.4 Å². The first-order chi connectivity index (χ1) is 12.1. The Bertz CT molecular complexity index is 853. The SMILES string of the molecule is Cc1nnc(NC(=O)c2cc(C3CC3N(C(=O)O)C(C)(C)C)c(C)s2)s1. The van der Waals surface area contributed by atoms with Crippen LogP contribution in [0.4, 0.5) is 9.93 Å². The van der Waals surface area contributed by atoms with Crippen molar-refractivity contribution in [2.75, 3.05) is 5.32 Å². The van der Waals surface area contributed by atoms with Crippen LogP contribution in [0.3, 0.4) is 0 Å². The van der Waals surface area contributed by atoms with E-state index < -0.39 is 11.6 Å². The summed E-state index contributed by atoms with van der Waals surface area (Å²) in [5.41, 5.74) is 0.611. The maximum Gasteiger partial charge on any atom is 0.408 e. The van der Waals surface area contributed by atoms with E-state index in [0.29, 0.717) is 10.0 Å². The molecule has 0 aliphatic heterocycles. The Balaban J connectivity index is 1.75. The van der Waals surface area contributed by atoms with Crippen molar-refractivity contribution in [1.82, 2.24) is 15.1 Å². The third-order valence-electron chi connectivity index (χ3n) is 4.34. The molecule has 2 unspecified atom stereocenters. The fraction of sp³-hybridized carbons (Fsp3) is 0.529. The average molecular weight is 395 g/mol. The van der Waals surface area contributed by atoms with E-state index in [1.807, 2.05) is 40.7 Å². The molecule has 0 spiro atoms. The molecular weight excluding hydrogens is 372 g/mol. The highest BCUT2D eigenvalue weighted by molar-refractivity contribution is 7.16. The number of hydrogen-bond donors (Lipinski definition) is 2.